The quantitative estimate of drug-likeness (QED) is 0.507. The lowest BCUT2D eigenvalue weighted by Crippen LogP contribution is -2.16. The predicted molar refractivity (Wildman–Crippen MR) is 94.5 cm³/mol. The molecule has 3 aromatic rings. The molecule has 0 atom stereocenters. The van der Waals surface area contributed by atoms with Gasteiger partial charge in [0.2, 0.25) is 0 Å². The van der Waals surface area contributed by atoms with Crippen LogP contribution in [0.25, 0.3) is 0 Å². The Balaban J connectivity index is 1.80. The topological polar surface area (TPSA) is 120 Å². The van der Waals surface area contributed by atoms with Crippen molar-refractivity contribution in [2.75, 3.05) is 4.72 Å². The molecule has 11 heteroatoms. The molecule has 0 unspecified atom stereocenters. The Morgan fingerprint density at radius 1 is 1.15 bits per heavy atom. The normalized spacial score (nSPS) is 11.3. The van der Waals surface area contributed by atoms with Gasteiger partial charge >= 0.3 is 0 Å². The Morgan fingerprint density at radius 2 is 1.85 bits per heavy atom. The second kappa shape index (κ2) is 7.10. The van der Waals surface area contributed by atoms with Crippen LogP contribution in [0.2, 0.25) is 5.02 Å². The molecule has 0 amide bonds. The third kappa shape index (κ3) is 3.98. The van der Waals surface area contributed by atoms with Gasteiger partial charge in [0.1, 0.15) is 6.33 Å². The highest BCUT2D eigenvalue weighted by Gasteiger charge is 2.26. The first-order valence-corrected chi connectivity index (χ1v) is 9.11. The van der Waals surface area contributed by atoms with Crippen LogP contribution < -0.4 is 4.72 Å². The first-order chi connectivity index (χ1) is 12.3. The molecule has 0 aliphatic carbocycles. The van der Waals surface area contributed by atoms with Crippen LogP contribution >= 0.6 is 11.6 Å². The fraction of sp³-hybridized carbons (Fsp3) is 0.0667. The molecule has 1 aromatic heterocycles. The third-order valence-electron chi connectivity index (χ3n) is 3.37. The molecule has 0 bridgehead atoms. The van der Waals surface area contributed by atoms with Crippen LogP contribution in [-0.2, 0) is 16.6 Å². The molecule has 26 heavy (non-hydrogen) atoms. The third-order valence-corrected chi connectivity index (χ3v) is 5.00. The fourth-order valence-corrected chi connectivity index (χ4v) is 3.45. The number of halogens is 1. The van der Waals surface area contributed by atoms with Crippen LogP contribution in [0.3, 0.4) is 0 Å². The van der Waals surface area contributed by atoms with Gasteiger partial charge in [-0.1, -0.05) is 35.9 Å². The van der Waals surface area contributed by atoms with Gasteiger partial charge in [-0.3, -0.25) is 10.1 Å². The Morgan fingerprint density at radius 3 is 2.54 bits per heavy atom. The Labute approximate surface area is 153 Å². The first-order valence-electron chi connectivity index (χ1n) is 7.25. The van der Waals surface area contributed by atoms with E-state index >= 15 is 0 Å². The van der Waals surface area contributed by atoms with Crippen molar-refractivity contribution in [1.82, 2.24) is 14.8 Å². The summed E-state index contributed by atoms with van der Waals surface area (Å²) in [5, 5.41) is 15.6. The minimum Gasteiger partial charge on any atom is -0.258 e. The first kappa shape index (κ1) is 17.8. The molecule has 0 saturated heterocycles. The molecule has 0 aliphatic rings. The van der Waals surface area contributed by atoms with E-state index in [1.807, 2.05) is 0 Å². The fourth-order valence-electron chi connectivity index (χ4n) is 2.20. The van der Waals surface area contributed by atoms with E-state index in [1.54, 1.807) is 24.3 Å². The van der Waals surface area contributed by atoms with Gasteiger partial charge < -0.3 is 0 Å². The number of anilines is 1. The van der Waals surface area contributed by atoms with E-state index < -0.39 is 25.5 Å². The molecule has 0 aliphatic heterocycles. The van der Waals surface area contributed by atoms with Crippen molar-refractivity contribution >= 4 is 33.3 Å². The second-order valence-electron chi connectivity index (χ2n) is 5.22. The van der Waals surface area contributed by atoms with Gasteiger partial charge in [-0.2, -0.15) is 4.98 Å². The maximum atomic E-state index is 12.4. The predicted octanol–water partition coefficient (Wildman–Crippen LogP) is 2.69. The zero-order valence-corrected chi connectivity index (χ0v) is 14.7. The summed E-state index contributed by atoms with van der Waals surface area (Å²) in [4.78, 5) is 13.7. The Bertz CT molecular complexity index is 1050. The monoisotopic (exact) mass is 393 g/mol. The molecule has 3 rings (SSSR count). The highest BCUT2D eigenvalue weighted by atomic mass is 35.5. The molecule has 1 heterocycles. The van der Waals surface area contributed by atoms with E-state index in [4.69, 9.17) is 11.6 Å². The Hall–Kier alpha value is -2.98. The summed E-state index contributed by atoms with van der Waals surface area (Å²) in [6, 6.07) is 12.1. The van der Waals surface area contributed by atoms with Crippen LogP contribution in [-0.4, -0.2) is 28.1 Å². The maximum absolute atomic E-state index is 12.4. The zero-order chi connectivity index (χ0) is 18.7. The van der Waals surface area contributed by atoms with E-state index in [0.717, 1.165) is 17.7 Å². The number of aromatic nitrogens is 3. The molecule has 2 aromatic carbocycles. The highest BCUT2D eigenvalue weighted by Crippen LogP contribution is 2.24. The number of nitro groups is 1. The lowest BCUT2D eigenvalue weighted by molar-refractivity contribution is -0.387. The smallest absolute Gasteiger partial charge is 0.258 e. The average Bonchev–Trinajstić information content (AvgIpc) is 3.03. The number of nitrogens with zero attached hydrogens (tertiary/aromatic N) is 4. The largest absolute Gasteiger partial charge is 0.289 e. The van der Waals surface area contributed by atoms with Gasteiger partial charge in [0, 0.05) is 11.1 Å². The summed E-state index contributed by atoms with van der Waals surface area (Å²) < 4.78 is 28.4. The molecular weight excluding hydrogens is 382 g/mol. The number of nitro benzene ring substituents is 1. The van der Waals surface area contributed by atoms with Crippen LogP contribution in [0, 0.1) is 10.1 Å². The summed E-state index contributed by atoms with van der Waals surface area (Å²) >= 11 is 5.83. The molecule has 0 spiro atoms. The molecule has 0 radical (unpaired) electrons. The van der Waals surface area contributed by atoms with Crippen molar-refractivity contribution in [2.24, 2.45) is 0 Å². The molecular formula is C15H12ClN5O4S. The molecule has 134 valence electrons. The van der Waals surface area contributed by atoms with Crippen molar-refractivity contribution in [2.45, 2.75) is 11.4 Å². The zero-order valence-electron chi connectivity index (χ0n) is 13.1. The summed E-state index contributed by atoms with van der Waals surface area (Å²) in [5.41, 5.74) is 0.369. The molecule has 0 fully saturated rings. The lowest BCUT2D eigenvalue weighted by atomic mass is 10.2. The van der Waals surface area contributed by atoms with E-state index in [2.05, 4.69) is 14.8 Å². The van der Waals surface area contributed by atoms with E-state index in [1.165, 1.54) is 23.1 Å². The summed E-state index contributed by atoms with van der Waals surface area (Å²) in [5.74, 6) is -0.183. The van der Waals surface area contributed by atoms with Crippen molar-refractivity contribution < 1.29 is 13.3 Å². The van der Waals surface area contributed by atoms with Gasteiger partial charge in [0.05, 0.1) is 11.5 Å². The maximum Gasteiger partial charge on any atom is 0.289 e. The lowest BCUT2D eigenvalue weighted by Gasteiger charge is -2.05. The minimum atomic E-state index is -4.20. The number of sulfonamides is 1. The summed E-state index contributed by atoms with van der Waals surface area (Å²) in [7, 11) is -4.20. The van der Waals surface area contributed by atoms with Crippen LogP contribution in [0.1, 0.15) is 5.56 Å². The van der Waals surface area contributed by atoms with Crippen molar-refractivity contribution in [3.63, 3.8) is 0 Å². The van der Waals surface area contributed by atoms with Crippen LogP contribution in [0.15, 0.2) is 59.8 Å². The number of nitrogens with one attached hydrogen (secondary N) is 1. The minimum absolute atomic E-state index is 0.183. The van der Waals surface area contributed by atoms with E-state index in [0.29, 0.717) is 11.6 Å². The van der Waals surface area contributed by atoms with Gasteiger partial charge in [-0.15, -0.1) is 5.10 Å². The van der Waals surface area contributed by atoms with E-state index in [-0.39, 0.29) is 5.95 Å². The van der Waals surface area contributed by atoms with Gasteiger partial charge in [0.25, 0.3) is 21.7 Å². The number of hydrogen-bond acceptors (Lipinski definition) is 6. The number of para-hydroxylation sites is 1. The SMILES string of the molecule is O=[N+]([O-])c1ccccc1S(=O)(=O)Nc1ncn(Cc2ccc(Cl)cc2)n1. The van der Waals surface area contributed by atoms with Gasteiger partial charge in [-0.05, 0) is 23.8 Å². The molecule has 0 saturated carbocycles. The van der Waals surface area contributed by atoms with Crippen LogP contribution in [0.4, 0.5) is 11.6 Å². The highest BCUT2D eigenvalue weighted by molar-refractivity contribution is 7.92. The second-order valence-corrected chi connectivity index (χ2v) is 7.31. The summed E-state index contributed by atoms with van der Waals surface area (Å²) in [6.07, 6.45) is 1.35. The molecule has 9 nitrogen and oxygen atoms in total. The van der Waals surface area contributed by atoms with Crippen molar-refractivity contribution in [1.29, 1.82) is 0 Å². The average molecular weight is 394 g/mol. The van der Waals surface area contributed by atoms with Gasteiger partial charge in [-0.25, -0.2) is 17.8 Å². The Kier molecular flexibility index (Phi) is 4.87. The summed E-state index contributed by atoms with van der Waals surface area (Å²) in [6.45, 7) is 0.359. The standard InChI is InChI=1S/C15H12ClN5O4S/c16-12-7-5-11(6-8-12)9-20-10-17-15(18-20)19-26(24,25)14-4-2-1-3-13(14)21(22)23/h1-8,10H,9H2,(H,18,19). The van der Waals surface area contributed by atoms with Crippen LogP contribution in [0.5, 0.6) is 0 Å². The van der Waals surface area contributed by atoms with Gasteiger partial charge in [0.15, 0.2) is 4.90 Å². The van der Waals surface area contributed by atoms with E-state index in [9.17, 15) is 18.5 Å². The number of benzene rings is 2. The number of hydrogen-bond donors (Lipinski definition) is 1. The number of rotatable bonds is 6. The van der Waals surface area contributed by atoms with Crippen molar-refractivity contribution in [3.8, 4) is 0 Å². The molecule has 1 N–H and O–H groups in total. The van der Waals surface area contributed by atoms with Crippen molar-refractivity contribution in [3.05, 3.63) is 75.6 Å².